The second-order valence-electron chi connectivity index (χ2n) is 6.45. The van der Waals surface area contributed by atoms with E-state index >= 15 is 0 Å². The van der Waals surface area contributed by atoms with E-state index in [1.54, 1.807) is 18.0 Å². The molecule has 1 aliphatic heterocycles. The summed E-state index contributed by atoms with van der Waals surface area (Å²) >= 11 is 1.77. The fourth-order valence-electron chi connectivity index (χ4n) is 3.01. The Morgan fingerprint density at radius 3 is 2.72 bits per heavy atom. The monoisotopic (exact) mass is 355 g/mol. The number of rotatable bonds is 7. The zero-order valence-electron chi connectivity index (χ0n) is 14.4. The number of thioether (sulfide) groups is 1. The van der Waals surface area contributed by atoms with Crippen molar-refractivity contribution in [2.24, 2.45) is 5.92 Å². The summed E-state index contributed by atoms with van der Waals surface area (Å²) in [7, 11) is 0. The second kappa shape index (κ2) is 9.59. The number of amides is 1. The Hall–Kier alpha value is -1.85. The number of nitrogens with one attached hydrogen (secondary N) is 2. The Kier molecular flexibility index (Phi) is 6.89. The van der Waals surface area contributed by atoms with Gasteiger partial charge in [0, 0.05) is 35.2 Å². The van der Waals surface area contributed by atoms with Crippen LogP contribution in [0.1, 0.15) is 31.2 Å². The van der Waals surface area contributed by atoms with Crippen LogP contribution >= 0.6 is 11.8 Å². The van der Waals surface area contributed by atoms with E-state index < -0.39 is 0 Å². The maximum atomic E-state index is 12.1. The van der Waals surface area contributed by atoms with Crippen molar-refractivity contribution in [3.8, 4) is 0 Å². The highest BCUT2D eigenvalue weighted by Gasteiger charge is 2.14. The smallest absolute Gasteiger partial charge is 0.224 e. The third-order valence-electron chi connectivity index (χ3n) is 4.50. The van der Waals surface area contributed by atoms with E-state index in [0.717, 1.165) is 31.0 Å². The average molecular weight is 356 g/mol. The molecule has 25 heavy (non-hydrogen) atoms. The fourth-order valence-corrected chi connectivity index (χ4v) is 3.85. The standard InChI is InChI=1S/C20H25N3OS/c24-20(8-3-16-9-12-21-13-10-16)23-18-4-6-19(7-5-18)25-15-17-2-1-11-22-14-17/h1-2,4-7,11,14,16,21H,3,8-10,12-13,15H2,(H,23,24). The summed E-state index contributed by atoms with van der Waals surface area (Å²) in [6.45, 7) is 2.18. The van der Waals surface area contributed by atoms with Gasteiger partial charge in [-0.3, -0.25) is 9.78 Å². The molecule has 0 spiro atoms. The molecule has 1 amide bonds. The number of benzene rings is 1. The third-order valence-corrected chi connectivity index (χ3v) is 5.59. The summed E-state index contributed by atoms with van der Waals surface area (Å²) in [6.07, 6.45) is 7.67. The summed E-state index contributed by atoms with van der Waals surface area (Å²) in [5, 5.41) is 6.37. The van der Waals surface area contributed by atoms with Gasteiger partial charge in [0.25, 0.3) is 0 Å². The minimum Gasteiger partial charge on any atom is -0.326 e. The van der Waals surface area contributed by atoms with Crippen LogP contribution in [-0.2, 0) is 10.5 Å². The van der Waals surface area contributed by atoms with Crippen molar-refractivity contribution in [2.45, 2.75) is 36.3 Å². The summed E-state index contributed by atoms with van der Waals surface area (Å²) in [5.74, 6) is 1.71. The molecule has 0 atom stereocenters. The molecule has 1 aromatic heterocycles. The van der Waals surface area contributed by atoms with Crippen LogP contribution in [0.2, 0.25) is 0 Å². The molecule has 0 aliphatic carbocycles. The van der Waals surface area contributed by atoms with Crippen LogP contribution in [0, 0.1) is 5.92 Å². The average Bonchev–Trinajstić information content (AvgIpc) is 2.67. The summed E-state index contributed by atoms with van der Waals surface area (Å²) in [6, 6.07) is 12.1. The third kappa shape index (κ3) is 6.18. The Bertz CT molecular complexity index is 654. The van der Waals surface area contributed by atoms with Gasteiger partial charge in [0.2, 0.25) is 5.91 Å². The highest BCUT2D eigenvalue weighted by Crippen LogP contribution is 2.24. The fraction of sp³-hybridized carbons (Fsp3) is 0.400. The first-order valence-electron chi connectivity index (χ1n) is 8.92. The summed E-state index contributed by atoms with van der Waals surface area (Å²) in [5.41, 5.74) is 2.09. The lowest BCUT2D eigenvalue weighted by atomic mass is 9.93. The lowest BCUT2D eigenvalue weighted by molar-refractivity contribution is -0.116. The van der Waals surface area contributed by atoms with Gasteiger partial charge in [0.15, 0.2) is 0 Å². The van der Waals surface area contributed by atoms with E-state index in [9.17, 15) is 4.79 Å². The van der Waals surface area contributed by atoms with Crippen molar-refractivity contribution < 1.29 is 4.79 Å². The maximum Gasteiger partial charge on any atom is 0.224 e. The minimum atomic E-state index is 0.120. The predicted octanol–water partition coefficient (Wildman–Crippen LogP) is 4.09. The van der Waals surface area contributed by atoms with Crippen LogP contribution in [0.25, 0.3) is 0 Å². The van der Waals surface area contributed by atoms with Crippen LogP contribution in [0.4, 0.5) is 5.69 Å². The van der Waals surface area contributed by atoms with Gasteiger partial charge in [-0.05, 0) is 74.2 Å². The molecule has 1 fully saturated rings. The molecule has 1 saturated heterocycles. The van der Waals surface area contributed by atoms with Gasteiger partial charge in [-0.25, -0.2) is 0 Å². The zero-order valence-corrected chi connectivity index (χ0v) is 15.2. The van der Waals surface area contributed by atoms with Crippen molar-refractivity contribution in [2.75, 3.05) is 18.4 Å². The van der Waals surface area contributed by atoms with Crippen LogP contribution < -0.4 is 10.6 Å². The molecule has 0 saturated carbocycles. The largest absolute Gasteiger partial charge is 0.326 e. The first-order valence-corrected chi connectivity index (χ1v) is 9.90. The van der Waals surface area contributed by atoms with E-state index in [1.165, 1.54) is 23.3 Å². The summed E-state index contributed by atoms with van der Waals surface area (Å²) < 4.78 is 0. The highest BCUT2D eigenvalue weighted by atomic mass is 32.2. The maximum absolute atomic E-state index is 12.1. The Morgan fingerprint density at radius 2 is 2.00 bits per heavy atom. The molecular formula is C20H25N3OS. The van der Waals surface area contributed by atoms with Crippen molar-refractivity contribution in [1.29, 1.82) is 0 Å². The van der Waals surface area contributed by atoms with Crippen molar-refractivity contribution >= 4 is 23.4 Å². The number of aromatic nitrogens is 1. The van der Waals surface area contributed by atoms with Gasteiger partial charge in [-0.15, -0.1) is 11.8 Å². The van der Waals surface area contributed by atoms with Gasteiger partial charge >= 0.3 is 0 Å². The van der Waals surface area contributed by atoms with E-state index in [-0.39, 0.29) is 5.91 Å². The molecule has 2 aromatic rings. The van der Waals surface area contributed by atoms with Crippen LogP contribution in [0.5, 0.6) is 0 Å². The number of nitrogens with zero attached hydrogens (tertiary/aromatic N) is 1. The van der Waals surface area contributed by atoms with Gasteiger partial charge in [-0.2, -0.15) is 0 Å². The number of anilines is 1. The Morgan fingerprint density at radius 1 is 1.20 bits per heavy atom. The lowest BCUT2D eigenvalue weighted by Gasteiger charge is -2.22. The first-order chi connectivity index (χ1) is 12.3. The van der Waals surface area contributed by atoms with E-state index in [4.69, 9.17) is 0 Å². The molecule has 0 unspecified atom stereocenters. The number of piperidine rings is 1. The van der Waals surface area contributed by atoms with E-state index in [2.05, 4.69) is 33.8 Å². The second-order valence-corrected chi connectivity index (χ2v) is 7.50. The molecule has 0 bridgehead atoms. The van der Waals surface area contributed by atoms with Crippen LogP contribution in [0.15, 0.2) is 53.7 Å². The van der Waals surface area contributed by atoms with Crippen LogP contribution in [0.3, 0.4) is 0 Å². The minimum absolute atomic E-state index is 0.120. The zero-order chi connectivity index (χ0) is 17.3. The van der Waals surface area contributed by atoms with Gasteiger partial charge in [0.05, 0.1) is 0 Å². The molecule has 1 aromatic carbocycles. The topological polar surface area (TPSA) is 54.0 Å². The van der Waals surface area contributed by atoms with Gasteiger partial charge in [-0.1, -0.05) is 6.07 Å². The van der Waals surface area contributed by atoms with E-state index in [1.807, 2.05) is 24.4 Å². The number of pyridine rings is 1. The number of carbonyl (C=O) groups is 1. The van der Waals surface area contributed by atoms with Gasteiger partial charge < -0.3 is 10.6 Å². The van der Waals surface area contributed by atoms with Crippen molar-refractivity contribution in [3.63, 3.8) is 0 Å². The molecule has 2 N–H and O–H groups in total. The SMILES string of the molecule is O=C(CCC1CCNCC1)Nc1ccc(SCc2cccnc2)cc1. The quantitative estimate of drug-likeness (QED) is 0.735. The Balaban J connectivity index is 1.41. The van der Waals surface area contributed by atoms with Crippen molar-refractivity contribution in [1.82, 2.24) is 10.3 Å². The molecular weight excluding hydrogens is 330 g/mol. The predicted molar refractivity (Wildman–Crippen MR) is 104 cm³/mol. The molecule has 2 heterocycles. The number of hydrogen-bond acceptors (Lipinski definition) is 4. The molecule has 5 heteroatoms. The number of hydrogen-bond donors (Lipinski definition) is 2. The lowest BCUT2D eigenvalue weighted by Crippen LogP contribution is -2.28. The molecule has 132 valence electrons. The number of carbonyl (C=O) groups excluding carboxylic acids is 1. The molecule has 1 aliphatic rings. The normalized spacial score (nSPS) is 15.0. The van der Waals surface area contributed by atoms with Crippen LogP contribution in [-0.4, -0.2) is 24.0 Å². The van der Waals surface area contributed by atoms with E-state index in [0.29, 0.717) is 12.3 Å². The Labute approximate surface area is 153 Å². The molecule has 3 rings (SSSR count). The summed E-state index contributed by atoms with van der Waals surface area (Å²) in [4.78, 5) is 17.4. The molecule has 4 nitrogen and oxygen atoms in total. The van der Waals surface area contributed by atoms with Gasteiger partial charge in [0.1, 0.15) is 0 Å². The molecule has 0 radical (unpaired) electrons. The highest BCUT2D eigenvalue weighted by molar-refractivity contribution is 7.98. The van der Waals surface area contributed by atoms with Crippen molar-refractivity contribution in [3.05, 3.63) is 54.4 Å². The first kappa shape index (κ1) is 18.0.